The molecule has 1 amide bonds. The number of nitrogens with zero attached hydrogens (tertiary/aromatic N) is 1. The van der Waals surface area contributed by atoms with Crippen molar-refractivity contribution in [3.05, 3.63) is 0 Å². The lowest BCUT2D eigenvalue weighted by Gasteiger charge is -2.29. The van der Waals surface area contributed by atoms with E-state index in [1.165, 1.54) is 0 Å². The molecule has 0 heterocycles. The van der Waals surface area contributed by atoms with Crippen molar-refractivity contribution < 1.29 is 13.6 Å². The van der Waals surface area contributed by atoms with Crippen LogP contribution in [0.1, 0.15) is 33.6 Å². The van der Waals surface area contributed by atoms with E-state index in [1.807, 2.05) is 31.5 Å². The second kappa shape index (κ2) is 8.95. The quantitative estimate of drug-likeness (QED) is 0.575. The monoisotopic (exact) mass is 333 g/mol. The molecule has 0 saturated heterocycles. The lowest BCUT2D eigenvalue weighted by Crippen LogP contribution is -2.40. The fourth-order valence-corrected chi connectivity index (χ4v) is 5.12. The number of hydrogen-bond acceptors (Lipinski definition) is 3. The maximum Gasteiger partial charge on any atom is 0.396 e. The van der Waals surface area contributed by atoms with Crippen LogP contribution >= 0.6 is 0 Å². The Balaban J connectivity index is 4.26. The molecule has 0 aromatic carbocycles. The number of carbonyl (C=O) groups is 1. The van der Waals surface area contributed by atoms with Crippen LogP contribution in [0.25, 0.3) is 0 Å². The van der Waals surface area contributed by atoms with Crippen molar-refractivity contribution in [1.82, 2.24) is 4.90 Å². The SMILES string of the molecule is CCC(C)O[Si](C)(C)CCCN(CC)C(=O)O[Si](C)(C)C. The standard InChI is InChI=1S/C15H35NO3Si2/c1-9-14(3)18-21(7,8)13-11-12-16(10-2)15(17)19-20(4,5)6/h14H,9-13H2,1-8H3. The van der Waals surface area contributed by atoms with Crippen LogP contribution in [-0.2, 0) is 8.85 Å². The molecule has 1 unspecified atom stereocenters. The highest BCUT2D eigenvalue weighted by Crippen LogP contribution is 2.18. The van der Waals surface area contributed by atoms with Crippen molar-refractivity contribution in [1.29, 1.82) is 0 Å². The lowest BCUT2D eigenvalue weighted by molar-refractivity contribution is 0.152. The summed E-state index contributed by atoms with van der Waals surface area (Å²) in [6.07, 6.45) is 2.23. The number of amides is 1. The Morgan fingerprint density at radius 2 is 1.71 bits per heavy atom. The van der Waals surface area contributed by atoms with Crippen LogP contribution in [0.4, 0.5) is 4.79 Å². The maximum absolute atomic E-state index is 12.1. The van der Waals surface area contributed by atoms with Gasteiger partial charge in [-0.25, -0.2) is 4.79 Å². The van der Waals surface area contributed by atoms with Gasteiger partial charge in [0.25, 0.3) is 0 Å². The van der Waals surface area contributed by atoms with Crippen LogP contribution in [0.15, 0.2) is 0 Å². The van der Waals surface area contributed by atoms with Crippen LogP contribution in [0.3, 0.4) is 0 Å². The molecule has 0 aliphatic heterocycles. The highest BCUT2D eigenvalue weighted by atomic mass is 28.4. The molecule has 6 heteroatoms. The fraction of sp³-hybridized carbons (Fsp3) is 0.933. The van der Waals surface area contributed by atoms with E-state index in [9.17, 15) is 4.79 Å². The zero-order valence-corrected chi connectivity index (χ0v) is 17.3. The van der Waals surface area contributed by atoms with Crippen molar-refractivity contribution in [3.8, 4) is 0 Å². The van der Waals surface area contributed by atoms with Crippen molar-refractivity contribution in [2.75, 3.05) is 13.1 Å². The molecule has 0 aromatic rings. The molecule has 0 fully saturated rings. The van der Waals surface area contributed by atoms with Gasteiger partial charge in [0.05, 0.1) is 0 Å². The molecule has 0 rings (SSSR count). The van der Waals surface area contributed by atoms with Gasteiger partial charge in [-0.05, 0) is 65.5 Å². The molecule has 126 valence electrons. The molecular weight excluding hydrogens is 298 g/mol. The van der Waals surface area contributed by atoms with E-state index in [2.05, 4.69) is 26.9 Å². The minimum Gasteiger partial charge on any atom is -0.504 e. The summed E-state index contributed by atoms with van der Waals surface area (Å²) in [5, 5.41) is 0. The number of carbonyl (C=O) groups excluding carboxylic acids is 1. The second-order valence-electron chi connectivity index (χ2n) is 7.26. The second-order valence-corrected chi connectivity index (χ2v) is 15.9. The van der Waals surface area contributed by atoms with Crippen LogP contribution in [0, 0.1) is 0 Å². The van der Waals surface area contributed by atoms with Gasteiger partial charge in [-0.2, -0.15) is 0 Å². The molecule has 0 aliphatic carbocycles. The van der Waals surface area contributed by atoms with Crippen molar-refractivity contribution in [3.63, 3.8) is 0 Å². The minimum atomic E-state index is -1.81. The topological polar surface area (TPSA) is 38.8 Å². The first-order valence-corrected chi connectivity index (χ1v) is 14.7. The third kappa shape index (κ3) is 10.1. The number of rotatable bonds is 9. The third-order valence-corrected chi connectivity index (χ3v) is 6.72. The fourth-order valence-electron chi connectivity index (χ4n) is 2.09. The van der Waals surface area contributed by atoms with E-state index in [0.717, 1.165) is 25.4 Å². The molecule has 0 saturated carbocycles. The first-order chi connectivity index (χ1) is 9.50. The Morgan fingerprint density at radius 1 is 1.14 bits per heavy atom. The van der Waals surface area contributed by atoms with Gasteiger partial charge in [-0.15, -0.1) is 0 Å². The molecule has 0 aromatic heterocycles. The molecule has 0 aliphatic rings. The van der Waals surface area contributed by atoms with Crippen LogP contribution < -0.4 is 0 Å². The first kappa shape index (κ1) is 20.7. The molecule has 0 spiro atoms. The predicted molar refractivity (Wildman–Crippen MR) is 94.8 cm³/mol. The summed E-state index contributed by atoms with van der Waals surface area (Å²) in [6.45, 7) is 18.4. The number of hydrogen-bond donors (Lipinski definition) is 0. The Morgan fingerprint density at radius 3 is 2.14 bits per heavy atom. The molecule has 21 heavy (non-hydrogen) atoms. The van der Waals surface area contributed by atoms with Gasteiger partial charge in [0, 0.05) is 19.2 Å². The van der Waals surface area contributed by atoms with Gasteiger partial charge in [-0.3, -0.25) is 0 Å². The van der Waals surface area contributed by atoms with E-state index in [-0.39, 0.29) is 6.09 Å². The largest absolute Gasteiger partial charge is 0.504 e. The zero-order valence-electron chi connectivity index (χ0n) is 15.3. The maximum atomic E-state index is 12.1. The average molecular weight is 334 g/mol. The van der Waals surface area contributed by atoms with Crippen LogP contribution in [0.5, 0.6) is 0 Å². The normalized spacial score (nSPS) is 13.9. The summed E-state index contributed by atoms with van der Waals surface area (Å²) in [6, 6.07) is 1.08. The third-order valence-electron chi connectivity index (χ3n) is 3.34. The summed E-state index contributed by atoms with van der Waals surface area (Å²) in [5.74, 6) is 0. The highest BCUT2D eigenvalue weighted by molar-refractivity contribution is 6.71. The Bertz CT molecular complexity index is 317. The molecule has 4 nitrogen and oxygen atoms in total. The summed E-state index contributed by atoms with van der Waals surface area (Å²) >= 11 is 0. The van der Waals surface area contributed by atoms with Gasteiger partial charge >= 0.3 is 6.09 Å². The van der Waals surface area contributed by atoms with E-state index < -0.39 is 16.6 Å². The molecule has 1 atom stereocenters. The lowest BCUT2D eigenvalue weighted by atomic mass is 10.3. The Hall–Kier alpha value is -0.336. The molecule has 0 bridgehead atoms. The first-order valence-electron chi connectivity index (χ1n) is 8.16. The smallest absolute Gasteiger partial charge is 0.396 e. The summed E-state index contributed by atoms with van der Waals surface area (Å²) in [4.78, 5) is 13.9. The highest BCUT2D eigenvalue weighted by Gasteiger charge is 2.26. The summed E-state index contributed by atoms with van der Waals surface area (Å²) in [7, 11) is -3.43. The molecule has 0 radical (unpaired) electrons. The van der Waals surface area contributed by atoms with Crippen molar-refractivity contribution >= 4 is 22.7 Å². The Kier molecular flexibility index (Phi) is 8.81. The van der Waals surface area contributed by atoms with Gasteiger partial charge in [0.1, 0.15) is 0 Å². The van der Waals surface area contributed by atoms with Crippen molar-refractivity contribution in [2.24, 2.45) is 0 Å². The van der Waals surface area contributed by atoms with Crippen LogP contribution in [0.2, 0.25) is 38.8 Å². The van der Waals surface area contributed by atoms with Gasteiger partial charge < -0.3 is 13.8 Å². The summed E-state index contributed by atoms with van der Waals surface area (Å²) in [5.41, 5.74) is 0. The van der Waals surface area contributed by atoms with Gasteiger partial charge in [0.15, 0.2) is 8.32 Å². The van der Waals surface area contributed by atoms with E-state index in [4.69, 9.17) is 8.85 Å². The van der Waals surface area contributed by atoms with E-state index >= 15 is 0 Å². The molecular formula is C15H35NO3Si2. The zero-order chi connectivity index (χ0) is 16.7. The van der Waals surface area contributed by atoms with E-state index in [0.29, 0.717) is 12.6 Å². The van der Waals surface area contributed by atoms with Gasteiger partial charge in [0.2, 0.25) is 8.32 Å². The van der Waals surface area contributed by atoms with E-state index in [1.54, 1.807) is 0 Å². The predicted octanol–water partition coefficient (Wildman–Crippen LogP) is 4.69. The van der Waals surface area contributed by atoms with Crippen molar-refractivity contribution in [2.45, 2.75) is 78.5 Å². The van der Waals surface area contributed by atoms with Crippen LogP contribution in [-0.4, -0.2) is 46.8 Å². The Labute approximate surface area is 133 Å². The summed E-state index contributed by atoms with van der Waals surface area (Å²) < 4.78 is 11.7. The minimum absolute atomic E-state index is 0.154. The molecule has 0 N–H and O–H groups in total. The van der Waals surface area contributed by atoms with Gasteiger partial charge in [-0.1, -0.05) is 6.92 Å². The average Bonchev–Trinajstić information content (AvgIpc) is 2.31.